The molecule has 4 rings (SSSR count). The van der Waals surface area contributed by atoms with E-state index in [9.17, 15) is 22.8 Å². The molecule has 0 saturated heterocycles. The van der Waals surface area contributed by atoms with Crippen LogP contribution in [0.3, 0.4) is 0 Å². The summed E-state index contributed by atoms with van der Waals surface area (Å²) in [7, 11) is 0. The number of rotatable bonds is 2. The SMILES string of the molecule is CC1(C)CC(=O)C2=C(C1)N(c1cccc(C(F)(F)F)c1)C(=O)CC2c1ccccc1. The van der Waals surface area contributed by atoms with Crippen LogP contribution in [-0.4, -0.2) is 11.7 Å². The van der Waals surface area contributed by atoms with E-state index in [1.165, 1.54) is 17.0 Å². The number of benzene rings is 2. The van der Waals surface area contributed by atoms with Crippen molar-refractivity contribution >= 4 is 17.4 Å². The van der Waals surface area contributed by atoms with Gasteiger partial charge in [0.25, 0.3) is 0 Å². The monoisotopic (exact) mass is 413 g/mol. The van der Waals surface area contributed by atoms with Crippen LogP contribution < -0.4 is 4.90 Å². The minimum Gasteiger partial charge on any atom is -0.294 e. The summed E-state index contributed by atoms with van der Waals surface area (Å²) in [5, 5.41) is 0. The highest BCUT2D eigenvalue weighted by Gasteiger charge is 2.44. The zero-order valence-corrected chi connectivity index (χ0v) is 16.8. The Labute approximate surface area is 173 Å². The Morgan fingerprint density at radius 3 is 2.33 bits per heavy atom. The first kappa shape index (κ1) is 20.4. The third-order valence-electron chi connectivity index (χ3n) is 5.78. The molecule has 0 bridgehead atoms. The Balaban J connectivity index is 1.89. The average molecular weight is 413 g/mol. The molecule has 1 atom stereocenters. The molecule has 1 unspecified atom stereocenters. The standard InChI is InChI=1S/C24H22F3NO2/c1-23(2)13-19-22(20(29)14-23)18(15-7-4-3-5-8-15)12-21(30)28(19)17-10-6-9-16(11-17)24(25,26)27/h3-11,18H,12-14H2,1-2H3. The van der Waals surface area contributed by atoms with Crippen molar-refractivity contribution in [3.8, 4) is 0 Å². The number of alkyl halides is 3. The van der Waals surface area contributed by atoms with Crippen LogP contribution in [0.2, 0.25) is 0 Å². The van der Waals surface area contributed by atoms with Crippen LogP contribution in [-0.2, 0) is 15.8 Å². The molecule has 6 heteroatoms. The first-order valence-electron chi connectivity index (χ1n) is 9.88. The second-order valence-corrected chi connectivity index (χ2v) is 8.75. The van der Waals surface area contributed by atoms with Crippen LogP contribution in [0.4, 0.5) is 18.9 Å². The fourth-order valence-electron chi connectivity index (χ4n) is 4.51. The van der Waals surface area contributed by atoms with Crippen molar-refractivity contribution in [2.75, 3.05) is 4.90 Å². The number of amides is 1. The number of carbonyl (C=O) groups excluding carboxylic acids is 2. The maximum atomic E-state index is 13.3. The molecule has 2 aromatic rings. The third-order valence-corrected chi connectivity index (χ3v) is 5.78. The van der Waals surface area contributed by atoms with Gasteiger partial charge in [0.2, 0.25) is 5.91 Å². The van der Waals surface area contributed by atoms with Gasteiger partial charge >= 0.3 is 6.18 Å². The van der Waals surface area contributed by atoms with Crippen molar-refractivity contribution in [2.24, 2.45) is 5.41 Å². The zero-order chi connectivity index (χ0) is 21.7. The van der Waals surface area contributed by atoms with E-state index >= 15 is 0 Å². The highest BCUT2D eigenvalue weighted by Crippen LogP contribution is 2.48. The maximum Gasteiger partial charge on any atom is 0.416 e. The van der Waals surface area contributed by atoms with Gasteiger partial charge in [0.05, 0.1) is 5.56 Å². The van der Waals surface area contributed by atoms with Gasteiger partial charge in [-0.05, 0) is 35.6 Å². The van der Waals surface area contributed by atoms with Crippen LogP contribution in [0.1, 0.15) is 50.2 Å². The van der Waals surface area contributed by atoms with Crippen LogP contribution in [0.25, 0.3) is 0 Å². The van der Waals surface area contributed by atoms with Gasteiger partial charge in [0, 0.05) is 35.7 Å². The summed E-state index contributed by atoms with van der Waals surface area (Å²) in [4.78, 5) is 27.7. The van der Waals surface area contributed by atoms with E-state index < -0.39 is 11.7 Å². The summed E-state index contributed by atoms with van der Waals surface area (Å²) >= 11 is 0. The lowest BCUT2D eigenvalue weighted by molar-refractivity contribution is -0.137. The molecule has 2 aromatic carbocycles. The lowest BCUT2D eigenvalue weighted by Gasteiger charge is -2.43. The summed E-state index contributed by atoms with van der Waals surface area (Å²) in [5.41, 5.74) is 0.906. The molecular formula is C24H22F3NO2. The van der Waals surface area contributed by atoms with E-state index in [-0.39, 0.29) is 35.1 Å². The number of Topliss-reactive ketones (excluding diaryl/α,β-unsaturated/α-hetero) is 1. The quantitative estimate of drug-likeness (QED) is 0.618. The van der Waals surface area contributed by atoms with Crippen LogP contribution in [0, 0.1) is 5.41 Å². The number of hydrogen-bond donors (Lipinski definition) is 0. The van der Waals surface area contributed by atoms with Gasteiger partial charge in [0.15, 0.2) is 5.78 Å². The predicted molar refractivity (Wildman–Crippen MR) is 108 cm³/mol. The fraction of sp³-hybridized carbons (Fsp3) is 0.333. The van der Waals surface area contributed by atoms with Crippen molar-refractivity contribution in [3.05, 3.63) is 77.0 Å². The highest BCUT2D eigenvalue weighted by atomic mass is 19.4. The Bertz CT molecular complexity index is 1040. The predicted octanol–water partition coefficient (Wildman–Crippen LogP) is 5.87. The molecule has 0 radical (unpaired) electrons. The van der Waals surface area contributed by atoms with E-state index in [4.69, 9.17) is 0 Å². The average Bonchev–Trinajstić information content (AvgIpc) is 2.66. The van der Waals surface area contributed by atoms with Gasteiger partial charge in [-0.15, -0.1) is 0 Å². The number of anilines is 1. The number of halogens is 3. The summed E-state index contributed by atoms with van der Waals surface area (Å²) in [6.45, 7) is 3.88. The molecule has 2 aliphatic rings. The van der Waals surface area contributed by atoms with E-state index in [2.05, 4.69) is 0 Å². The molecule has 0 aromatic heterocycles. The molecule has 0 N–H and O–H groups in total. The van der Waals surface area contributed by atoms with Gasteiger partial charge in [-0.25, -0.2) is 0 Å². The Hall–Kier alpha value is -2.89. The fourth-order valence-corrected chi connectivity index (χ4v) is 4.51. The Morgan fingerprint density at radius 2 is 1.67 bits per heavy atom. The molecule has 30 heavy (non-hydrogen) atoms. The number of nitrogens with zero attached hydrogens (tertiary/aromatic N) is 1. The largest absolute Gasteiger partial charge is 0.416 e. The van der Waals surface area contributed by atoms with Gasteiger partial charge in [-0.1, -0.05) is 50.2 Å². The number of carbonyl (C=O) groups is 2. The molecule has 1 aliphatic carbocycles. The van der Waals surface area contributed by atoms with Crippen LogP contribution in [0.5, 0.6) is 0 Å². The summed E-state index contributed by atoms with van der Waals surface area (Å²) in [6, 6.07) is 14.1. The van der Waals surface area contributed by atoms with E-state index in [1.54, 1.807) is 0 Å². The molecule has 3 nitrogen and oxygen atoms in total. The van der Waals surface area contributed by atoms with Crippen molar-refractivity contribution in [2.45, 2.75) is 45.2 Å². The highest BCUT2D eigenvalue weighted by molar-refractivity contribution is 6.07. The number of hydrogen-bond acceptors (Lipinski definition) is 2. The van der Waals surface area contributed by atoms with Gasteiger partial charge in [-0.3, -0.25) is 14.5 Å². The smallest absolute Gasteiger partial charge is 0.294 e. The van der Waals surface area contributed by atoms with Crippen molar-refractivity contribution in [1.29, 1.82) is 0 Å². The van der Waals surface area contributed by atoms with Gasteiger partial charge < -0.3 is 0 Å². The first-order chi connectivity index (χ1) is 14.1. The summed E-state index contributed by atoms with van der Waals surface area (Å²) in [6.07, 6.45) is -3.68. The van der Waals surface area contributed by atoms with Crippen molar-refractivity contribution < 1.29 is 22.8 Å². The second kappa shape index (κ2) is 7.11. The van der Waals surface area contributed by atoms with Crippen LogP contribution in [0.15, 0.2) is 65.9 Å². The molecule has 0 saturated carbocycles. The summed E-state index contributed by atoms with van der Waals surface area (Å²) in [5.74, 6) is -0.716. The Kier molecular flexibility index (Phi) is 4.83. The third kappa shape index (κ3) is 3.66. The normalized spacial score (nSPS) is 21.6. The van der Waals surface area contributed by atoms with Gasteiger partial charge in [-0.2, -0.15) is 13.2 Å². The van der Waals surface area contributed by atoms with Crippen molar-refractivity contribution in [3.63, 3.8) is 0 Å². The minimum absolute atomic E-state index is 0.0421. The Morgan fingerprint density at radius 1 is 0.967 bits per heavy atom. The van der Waals surface area contributed by atoms with Crippen molar-refractivity contribution in [1.82, 2.24) is 0 Å². The topological polar surface area (TPSA) is 37.4 Å². The molecule has 1 aliphatic heterocycles. The summed E-state index contributed by atoms with van der Waals surface area (Å²) < 4.78 is 39.8. The molecule has 156 valence electrons. The lowest BCUT2D eigenvalue weighted by Crippen LogP contribution is -2.43. The second-order valence-electron chi connectivity index (χ2n) is 8.75. The first-order valence-corrected chi connectivity index (χ1v) is 9.88. The lowest BCUT2D eigenvalue weighted by atomic mass is 9.69. The maximum absolute atomic E-state index is 13.3. The molecule has 1 amide bonds. The molecular weight excluding hydrogens is 391 g/mol. The zero-order valence-electron chi connectivity index (χ0n) is 16.8. The van der Waals surface area contributed by atoms with E-state index in [0.29, 0.717) is 24.1 Å². The van der Waals surface area contributed by atoms with E-state index in [1.807, 2.05) is 44.2 Å². The van der Waals surface area contributed by atoms with Gasteiger partial charge in [0.1, 0.15) is 0 Å². The van der Waals surface area contributed by atoms with E-state index in [0.717, 1.165) is 17.7 Å². The molecule has 0 fully saturated rings. The minimum atomic E-state index is -4.51. The molecule has 0 spiro atoms. The van der Waals surface area contributed by atoms with Crippen LogP contribution >= 0.6 is 0 Å². The number of allylic oxidation sites excluding steroid dienone is 2. The molecule has 1 heterocycles. The number of ketones is 1.